The number of benzene rings is 1. The van der Waals surface area contributed by atoms with Gasteiger partial charge in [-0.15, -0.1) is 0 Å². The summed E-state index contributed by atoms with van der Waals surface area (Å²) in [7, 11) is 1.43. The first-order valence-corrected chi connectivity index (χ1v) is 6.83. The number of anilines is 2. The van der Waals surface area contributed by atoms with Crippen LogP contribution in [0.3, 0.4) is 0 Å². The van der Waals surface area contributed by atoms with Gasteiger partial charge in [0.25, 0.3) is 5.91 Å². The fraction of sp³-hybridized carbons (Fsp3) is 0.200. The molecule has 116 valence electrons. The maximum Gasteiger partial charge on any atom is 0.291 e. The zero-order chi connectivity index (χ0) is 16.1. The van der Waals surface area contributed by atoms with E-state index in [-0.39, 0.29) is 24.2 Å². The van der Waals surface area contributed by atoms with Crippen LogP contribution in [0.1, 0.15) is 16.1 Å². The summed E-state index contributed by atoms with van der Waals surface area (Å²) in [6.45, 7) is 1.71. The second kappa shape index (κ2) is 7.11. The molecule has 0 aliphatic heterocycles. The number of carbonyl (C=O) groups is 2. The van der Waals surface area contributed by atoms with E-state index in [1.165, 1.54) is 13.4 Å². The van der Waals surface area contributed by atoms with Crippen LogP contribution in [-0.4, -0.2) is 25.5 Å². The monoisotopic (exact) mass is 322 g/mol. The molecule has 0 saturated carbocycles. The van der Waals surface area contributed by atoms with E-state index >= 15 is 0 Å². The van der Waals surface area contributed by atoms with Gasteiger partial charge in [0.15, 0.2) is 5.76 Å². The van der Waals surface area contributed by atoms with E-state index in [4.69, 9.17) is 20.8 Å². The van der Waals surface area contributed by atoms with Crippen LogP contribution in [0.5, 0.6) is 0 Å². The van der Waals surface area contributed by atoms with E-state index in [9.17, 15) is 9.59 Å². The predicted octanol–water partition coefficient (Wildman–Crippen LogP) is 3.08. The highest BCUT2D eigenvalue weighted by atomic mass is 35.5. The summed E-state index contributed by atoms with van der Waals surface area (Å²) in [6.07, 6.45) is 1.45. The van der Waals surface area contributed by atoms with Gasteiger partial charge < -0.3 is 19.8 Å². The molecule has 1 aromatic heterocycles. The minimum atomic E-state index is -0.366. The molecule has 1 heterocycles. The van der Waals surface area contributed by atoms with Crippen LogP contribution in [0.15, 0.2) is 34.9 Å². The lowest BCUT2D eigenvalue weighted by Gasteiger charge is -2.09. The number of amides is 2. The molecule has 2 amide bonds. The largest absolute Gasteiger partial charge is 0.459 e. The highest BCUT2D eigenvalue weighted by Gasteiger charge is 2.13. The van der Waals surface area contributed by atoms with Gasteiger partial charge in [-0.3, -0.25) is 9.59 Å². The Kier molecular flexibility index (Phi) is 5.19. The van der Waals surface area contributed by atoms with E-state index in [2.05, 4.69) is 10.6 Å². The molecule has 0 spiro atoms. The molecule has 0 radical (unpaired) electrons. The molecule has 6 nitrogen and oxygen atoms in total. The third kappa shape index (κ3) is 3.87. The molecule has 2 rings (SSSR count). The summed E-state index contributed by atoms with van der Waals surface area (Å²) >= 11 is 6.08. The van der Waals surface area contributed by atoms with Crippen LogP contribution < -0.4 is 10.6 Å². The number of furan rings is 1. The summed E-state index contributed by atoms with van der Waals surface area (Å²) in [5.41, 5.74) is 1.68. The van der Waals surface area contributed by atoms with E-state index in [0.717, 1.165) is 5.56 Å². The predicted molar refractivity (Wildman–Crippen MR) is 83.4 cm³/mol. The number of methoxy groups -OCH3 is 1. The van der Waals surface area contributed by atoms with Crippen LogP contribution in [0.25, 0.3) is 0 Å². The summed E-state index contributed by atoms with van der Waals surface area (Å²) < 4.78 is 9.84. The lowest BCUT2D eigenvalue weighted by molar-refractivity contribution is -0.119. The molecule has 0 bridgehead atoms. The summed E-state index contributed by atoms with van der Waals surface area (Å²) in [5.74, 6) is -0.435. The number of carbonyl (C=O) groups excluding carboxylic acids is 2. The molecule has 7 heteroatoms. The van der Waals surface area contributed by atoms with E-state index in [0.29, 0.717) is 16.4 Å². The molecule has 22 heavy (non-hydrogen) atoms. The normalized spacial score (nSPS) is 10.3. The number of hydrogen-bond acceptors (Lipinski definition) is 4. The van der Waals surface area contributed by atoms with Gasteiger partial charge in [0, 0.05) is 18.4 Å². The summed E-state index contributed by atoms with van der Waals surface area (Å²) in [6, 6.07) is 6.47. The first kappa shape index (κ1) is 16.1. The molecular formula is C15H15ClN2O4. The zero-order valence-electron chi connectivity index (χ0n) is 12.1. The van der Waals surface area contributed by atoms with Crippen molar-refractivity contribution in [1.82, 2.24) is 0 Å². The van der Waals surface area contributed by atoms with Crippen LogP contribution in [-0.2, 0) is 9.53 Å². The fourth-order valence-corrected chi connectivity index (χ4v) is 2.03. The standard InChI is InChI=1S/C15H15ClN2O4/c1-9-5-6-22-14(9)15(20)17-10-3-4-12(11(16)7-10)18-13(19)8-21-2/h3-7H,8H2,1-2H3,(H,17,20)(H,18,19). The van der Waals surface area contributed by atoms with Crippen molar-refractivity contribution in [3.8, 4) is 0 Å². The molecule has 0 aliphatic carbocycles. The van der Waals surface area contributed by atoms with E-state index < -0.39 is 0 Å². The first-order valence-electron chi connectivity index (χ1n) is 6.45. The Hall–Kier alpha value is -2.31. The van der Waals surface area contributed by atoms with Gasteiger partial charge in [-0.05, 0) is 31.2 Å². The minimum Gasteiger partial charge on any atom is -0.459 e. The quantitative estimate of drug-likeness (QED) is 0.886. The van der Waals surface area contributed by atoms with E-state index in [1.54, 1.807) is 31.2 Å². The topological polar surface area (TPSA) is 80.6 Å². The van der Waals surface area contributed by atoms with Gasteiger partial charge in [-0.25, -0.2) is 0 Å². The molecule has 0 fully saturated rings. The number of hydrogen-bond donors (Lipinski definition) is 2. The van der Waals surface area contributed by atoms with Gasteiger partial charge in [0.05, 0.1) is 17.0 Å². The minimum absolute atomic E-state index is 0.0629. The maximum atomic E-state index is 12.0. The Labute approximate surface area is 132 Å². The highest BCUT2D eigenvalue weighted by Crippen LogP contribution is 2.26. The Balaban J connectivity index is 2.08. The van der Waals surface area contributed by atoms with Crippen molar-refractivity contribution in [2.45, 2.75) is 6.92 Å². The lowest BCUT2D eigenvalue weighted by Crippen LogP contribution is -2.17. The van der Waals surface area contributed by atoms with Gasteiger partial charge in [-0.1, -0.05) is 11.6 Å². The first-order chi connectivity index (χ1) is 10.5. The molecule has 0 saturated heterocycles. The molecular weight excluding hydrogens is 308 g/mol. The third-order valence-electron chi connectivity index (χ3n) is 2.84. The number of rotatable bonds is 5. The average Bonchev–Trinajstić information content (AvgIpc) is 2.88. The van der Waals surface area contributed by atoms with Crippen LogP contribution in [0, 0.1) is 6.92 Å². The lowest BCUT2D eigenvalue weighted by atomic mass is 10.2. The zero-order valence-corrected chi connectivity index (χ0v) is 12.9. The van der Waals surface area contributed by atoms with Crippen LogP contribution >= 0.6 is 11.6 Å². The van der Waals surface area contributed by atoms with Crippen LogP contribution in [0.4, 0.5) is 11.4 Å². The Morgan fingerprint density at radius 2 is 2.05 bits per heavy atom. The fourth-order valence-electron chi connectivity index (χ4n) is 1.80. The Morgan fingerprint density at radius 3 is 2.64 bits per heavy atom. The Bertz CT molecular complexity index is 697. The summed E-state index contributed by atoms with van der Waals surface area (Å²) in [4.78, 5) is 23.5. The molecule has 2 N–H and O–H groups in total. The van der Waals surface area contributed by atoms with Crippen molar-refractivity contribution in [3.05, 3.63) is 46.9 Å². The molecule has 0 atom stereocenters. The van der Waals surface area contributed by atoms with Crippen molar-refractivity contribution < 1.29 is 18.7 Å². The molecule has 1 aromatic carbocycles. The van der Waals surface area contributed by atoms with Crippen molar-refractivity contribution in [2.24, 2.45) is 0 Å². The SMILES string of the molecule is COCC(=O)Nc1ccc(NC(=O)c2occc2C)cc1Cl. The van der Waals surface area contributed by atoms with Gasteiger partial charge in [0.1, 0.15) is 6.61 Å². The van der Waals surface area contributed by atoms with Crippen molar-refractivity contribution >= 4 is 34.8 Å². The number of aryl methyl sites for hydroxylation is 1. The Morgan fingerprint density at radius 1 is 1.27 bits per heavy atom. The smallest absolute Gasteiger partial charge is 0.291 e. The van der Waals surface area contributed by atoms with Crippen molar-refractivity contribution in [2.75, 3.05) is 24.4 Å². The van der Waals surface area contributed by atoms with Crippen molar-refractivity contribution in [1.29, 1.82) is 0 Å². The number of nitrogens with one attached hydrogen (secondary N) is 2. The molecule has 0 unspecified atom stereocenters. The highest BCUT2D eigenvalue weighted by molar-refractivity contribution is 6.34. The second-order valence-electron chi connectivity index (χ2n) is 4.56. The van der Waals surface area contributed by atoms with Crippen LogP contribution in [0.2, 0.25) is 5.02 Å². The van der Waals surface area contributed by atoms with Gasteiger partial charge >= 0.3 is 0 Å². The number of halogens is 1. The van der Waals surface area contributed by atoms with E-state index in [1.807, 2.05) is 0 Å². The molecule has 0 aliphatic rings. The van der Waals surface area contributed by atoms with Crippen molar-refractivity contribution in [3.63, 3.8) is 0 Å². The van der Waals surface area contributed by atoms with Gasteiger partial charge in [0.2, 0.25) is 5.91 Å². The molecule has 2 aromatic rings. The second-order valence-corrected chi connectivity index (χ2v) is 4.97. The van der Waals surface area contributed by atoms with Gasteiger partial charge in [-0.2, -0.15) is 0 Å². The summed E-state index contributed by atoms with van der Waals surface area (Å²) in [5, 5.41) is 5.58. The average molecular weight is 323 g/mol. The third-order valence-corrected chi connectivity index (χ3v) is 3.16. The maximum absolute atomic E-state index is 12.0. The number of ether oxygens (including phenoxy) is 1.